The van der Waals surface area contributed by atoms with Crippen molar-refractivity contribution in [3.63, 3.8) is 0 Å². The van der Waals surface area contributed by atoms with Crippen LogP contribution in [0.25, 0.3) is 0 Å². The fourth-order valence-corrected chi connectivity index (χ4v) is 2.86. The number of nitrogens with zero attached hydrogens (tertiary/aromatic N) is 1. The summed E-state index contributed by atoms with van der Waals surface area (Å²) >= 11 is 0. The molecule has 1 fully saturated rings. The van der Waals surface area contributed by atoms with Crippen molar-refractivity contribution < 1.29 is 9.59 Å². The van der Waals surface area contributed by atoms with E-state index in [9.17, 15) is 9.59 Å². The highest BCUT2D eigenvalue weighted by atomic mass is 16.2. The molecule has 122 valence electrons. The number of carbonyl (C=O) groups is 2. The summed E-state index contributed by atoms with van der Waals surface area (Å²) in [6.45, 7) is 9.68. The molecule has 1 aliphatic rings. The van der Waals surface area contributed by atoms with E-state index in [1.54, 1.807) is 0 Å². The maximum absolute atomic E-state index is 12.7. The molecule has 0 spiro atoms. The van der Waals surface area contributed by atoms with E-state index in [2.05, 4.69) is 5.32 Å². The van der Waals surface area contributed by atoms with Gasteiger partial charge in [-0.1, -0.05) is 27.7 Å². The molecular weight excluding hydrogens is 266 g/mol. The Balaban J connectivity index is 2.56. The maximum Gasteiger partial charge on any atom is 0.230 e. The van der Waals surface area contributed by atoms with Gasteiger partial charge in [0.2, 0.25) is 11.8 Å². The monoisotopic (exact) mass is 297 g/mol. The number of likely N-dealkylation sites (tertiary alicyclic amines) is 1. The molecule has 0 aromatic carbocycles. The first-order valence-electron chi connectivity index (χ1n) is 8.20. The number of carbonyl (C=O) groups excluding carboxylic acids is 2. The average Bonchev–Trinajstić information content (AvgIpc) is 2.50. The van der Waals surface area contributed by atoms with Crippen LogP contribution in [0.1, 0.15) is 53.4 Å². The molecule has 3 N–H and O–H groups in total. The Kier molecular flexibility index (Phi) is 6.65. The van der Waals surface area contributed by atoms with Gasteiger partial charge in [0.05, 0.1) is 5.41 Å². The topological polar surface area (TPSA) is 75.4 Å². The number of nitrogens with one attached hydrogen (secondary N) is 1. The lowest BCUT2D eigenvalue weighted by Gasteiger charge is -2.39. The molecule has 0 saturated carbocycles. The van der Waals surface area contributed by atoms with Crippen molar-refractivity contribution in [3.8, 4) is 0 Å². The molecule has 0 radical (unpaired) electrons. The van der Waals surface area contributed by atoms with Gasteiger partial charge in [-0.25, -0.2) is 0 Å². The SMILES string of the molecule is CCC(CC)(CN)C(=O)N1CCC(NC(=O)C(C)C)CC1. The van der Waals surface area contributed by atoms with E-state index in [4.69, 9.17) is 5.73 Å². The van der Waals surface area contributed by atoms with Gasteiger partial charge in [0.15, 0.2) is 0 Å². The van der Waals surface area contributed by atoms with Gasteiger partial charge in [0.25, 0.3) is 0 Å². The second-order valence-electron chi connectivity index (χ2n) is 6.42. The zero-order chi connectivity index (χ0) is 16.0. The lowest BCUT2D eigenvalue weighted by molar-refractivity contribution is -0.143. The lowest BCUT2D eigenvalue weighted by Crippen LogP contribution is -2.53. The Labute approximate surface area is 128 Å². The molecule has 0 unspecified atom stereocenters. The average molecular weight is 297 g/mol. The molecule has 1 heterocycles. The van der Waals surface area contributed by atoms with Gasteiger partial charge in [0, 0.05) is 31.6 Å². The zero-order valence-electron chi connectivity index (χ0n) is 13.9. The van der Waals surface area contributed by atoms with Crippen LogP contribution in [-0.2, 0) is 9.59 Å². The van der Waals surface area contributed by atoms with Gasteiger partial charge in [-0.15, -0.1) is 0 Å². The van der Waals surface area contributed by atoms with Gasteiger partial charge in [-0.2, -0.15) is 0 Å². The summed E-state index contributed by atoms with van der Waals surface area (Å²) in [4.78, 5) is 26.4. The number of hydrogen-bond donors (Lipinski definition) is 2. The molecule has 1 saturated heterocycles. The normalized spacial score (nSPS) is 17.1. The van der Waals surface area contributed by atoms with E-state index < -0.39 is 5.41 Å². The van der Waals surface area contributed by atoms with Crippen molar-refractivity contribution in [2.75, 3.05) is 19.6 Å². The number of piperidine rings is 1. The van der Waals surface area contributed by atoms with Crippen LogP contribution in [0, 0.1) is 11.3 Å². The van der Waals surface area contributed by atoms with E-state index >= 15 is 0 Å². The smallest absolute Gasteiger partial charge is 0.230 e. The Morgan fingerprint density at radius 3 is 2.14 bits per heavy atom. The van der Waals surface area contributed by atoms with Crippen LogP contribution in [0.15, 0.2) is 0 Å². The molecule has 21 heavy (non-hydrogen) atoms. The van der Waals surface area contributed by atoms with Crippen LogP contribution in [0.3, 0.4) is 0 Å². The van der Waals surface area contributed by atoms with E-state index in [-0.39, 0.29) is 23.8 Å². The summed E-state index contributed by atoms with van der Waals surface area (Å²) in [6.07, 6.45) is 3.22. The van der Waals surface area contributed by atoms with Gasteiger partial charge in [-0.3, -0.25) is 9.59 Å². The van der Waals surface area contributed by atoms with Gasteiger partial charge in [0.1, 0.15) is 0 Å². The van der Waals surface area contributed by atoms with Crippen molar-refractivity contribution in [1.29, 1.82) is 0 Å². The molecule has 5 heteroatoms. The standard InChI is InChI=1S/C16H31N3O2/c1-5-16(6-2,11-17)15(21)19-9-7-13(8-10-19)18-14(20)12(3)4/h12-13H,5-11,17H2,1-4H3,(H,18,20). The van der Waals surface area contributed by atoms with Crippen molar-refractivity contribution in [2.45, 2.75) is 59.4 Å². The van der Waals surface area contributed by atoms with Crippen molar-refractivity contribution in [1.82, 2.24) is 10.2 Å². The molecule has 1 rings (SSSR count). The van der Waals surface area contributed by atoms with Crippen molar-refractivity contribution in [2.24, 2.45) is 17.1 Å². The van der Waals surface area contributed by atoms with E-state index in [0.717, 1.165) is 25.7 Å². The summed E-state index contributed by atoms with van der Waals surface area (Å²) < 4.78 is 0. The molecule has 0 aromatic heterocycles. The largest absolute Gasteiger partial charge is 0.353 e. The van der Waals surface area contributed by atoms with Crippen molar-refractivity contribution >= 4 is 11.8 Å². The first-order valence-corrected chi connectivity index (χ1v) is 8.20. The van der Waals surface area contributed by atoms with Gasteiger partial charge in [-0.05, 0) is 25.7 Å². The first kappa shape index (κ1) is 18.0. The second-order valence-corrected chi connectivity index (χ2v) is 6.42. The van der Waals surface area contributed by atoms with Crippen LogP contribution >= 0.6 is 0 Å². The van der Waals surface area contributed by atoms with Crippen molar-refractivity contribution in [3.05, 3.63) is 0 Å². The molecule has 5 nitrogen and oxygen atoms in total. The molecule has 0 bridgehead atoms. The fraction of sp³-hybridized carbons (Fsp3) is 0.875. The maximum atomic E-state index is 12.7. The lowest BCUT2D eigenvalue weighted by atomic mass is 9.80. The highest BCUT2D eigenvalue weighted by molar-refractivity contribution is 5.83. The zero-order valence-corrected chi connectivity index (χ0v) is 13.9. The summed E-state index contributed by atoms with van der Waals surface area (Å²) in [6, 6.07) is 0.194. The van der Waals surface area contributed by atoms with Crippen LogP contribution in [0.2, 0.25) is 0 Å². The Hall–Kier alpha value is -1.10. The summed E-state index contributed by atoms with van der Waals surface area (Å²) in [7, 11) is 0. The Bertz CT molecular complexity index is 348. The quantitative estimate of drug-likeness (QED) is 0.780. The second kappa shape index (κ2) is 7.78. The van der Waals surface area contributed by atoms with Crippen LogP contribution < -0.4 is 11.1 Å². The molecule has 0 aromatic rings. The van der Waals surface area contributed by atoms with Gasteiger partial charge < -0.3 is 16.0 Å². The minimum atomic E-state index is -0.409. The Morgan fingerprint density at radius 1 is 1.24 bits per heavy atom. The summed E-state index contributed by atoms with van der Waals surface area (Å²) in [5.74, 6) is 0.288. The minimum Gasteiger partial charge on any atom is -0.353 e. The van der Waals surface area contributed by atoms with E-state index in [0.29, 0.717) is 19.6 Å². The third kappa shape index (κ3) is 4.19. The number of nitrogens with two attached hydrogens (primary N) is 1. The molecule has 2 amide bonds. The highest BCUT2D eigenvalue weighted by Crippen LogP contribution is 2.29. The predicted molar refractivity (Wildman–Crippen MR) is 84.7 cm³/mol. The summed E-state index contributed by atoms with van der Waals surface area (Å²) in [5, 5.41) is 3.06. The molecule has 0 atom stereocenters. The van der Waals surface area contributed by atoms with E-state index in [1.807, 2.05) is 32.6 Å². The van der Waals surface area contributed by atoms with E-state index in [1.165, 1.54) is 0 Å². The van der Waals surface area contributed by atoms with Crippen LogP contribution in [0.5, 0.6) is 0 Å². The molecular formula is C16H31N3O2. The first-order chi connectivity index (χ1) is 9.90. The van der Waals surface area contributed by atoms with Crippen LogP contribution in [-0.4, -0.2) is 42.4 Å². The summed E-state index contributed by atoms with van der Waals surface area (Å²) in [5.41, 5.74) is 5.45. The highest BCUT2D eigenvalue weighted by Gasteiger charge is 2.38. The fourth-order valence-electron chi connectivity index (χ4n) is 2.86. The van der Waals surface area contributed by atoms with Crippen LogP contribution in [0.4, 0.5) is 0 Å². The molecule has 0 aliphatic carbocycles. The third-order valence-corrected chi connectivity index (χ3v) is 4.85. The number of amides is 2. The Morgan fingerprint density at radius 2 is 1.76 bits per heavy atom. The predicted octanol–water partition coefficient (Wildman–Crippen LogP) is 1.51. The van der Waals surface area contributed by atoms with Gasteiger partial charge >= 0.3 is 0 Å². The third-order valence-electron chi connectivity index (χ3n) is 4.85. The minimum absolute atomic E-state index is 0.00901. The molecule has 1 aliphatic heterocycles. The number of rotatable bonds is 6. The number of hydrogen-bond acceptors (Lipinski definition) is 3.